The summed E-state index contributed by atoms with van der Waals surface area (Å²) >= 11 is 0. The summed E-state index contributed by atoms with van der Waals surface area (Å²) in [6.07, 6.45) is 0. The number of benzene rings is 3. The fourth-order valence-electron chi connectivity index (χ4n) is 2.63. The van der Waals surface area contributed by atoms with Crippen molar-refractivity contribution in [3.63, 3.8) is 0 Å². The summed E-state index contributed by atoms with van der Waals surface area (Å²) in [5, 5.41) is 0. The lowest BCUT2D eigenvalue weighted by Crippen LogP contribution is -2.10. The first kappa shape index (κ1) is 22.4. The first-order valence-corrected chi connectivity index (χ1v) is 7.46. The molecule has 0 fully saturated rings. The molecule has 0 saturated carbocycles. The van der Waals surface area contributed by atoms with Crippen LogP contribution in [-0.4, -0.2) is 0 Å². The van der Waals surface area contributed by atoms with E-state index in [1.807, 2.05) is 0 Å². The number of halogens is 13. The van der Waals surface area contributed by atoms with E-state index in [0.717, 1.165) is 6.07 Å². The molecule has 1 radical (unpaired) electrons. The lowest BCUT2D eigenvalue weighted by Gasteiger charge is -2.15. The van der Waals surface area contributed by atoms with Gasteiger partial charge in [0.1, 0.15) is 17.5 Å². The van der Waals surface area contributed by atoms with Crippen molar-refractivity contribution < 1.29 is 57.1 Å². The van der Waals surface area contributed by atoms with Gasteiger partial charge in [0.15, 0.2) is 46.5 Å². The first-order valence-electron chi connectivity index (χ1n) is 7.46. The molecule has 0 unspecified atom stereocenters. The second kappa shape index (κ2) is 7.46. The molecule has 0 saturated heterocycles. The monoisotopic (exact) mass is 463 g/mol. The molecule has 0 nitrogen and oxygen atoms in total. The molecule has 31 heavy (non-hydrogen) atoms. The molecule has 0 bridgehead atoms. The quantitative estimate of drug-likeness (QED) is 0.228. The average Bonchev–Trinajstić information content (AvgIpc) is 2.72. The Morgan fingerprint density at radius 2 is 0.484 bits per heavy atom. The van der Waals surface area contributed by atoms with Crippen LogP contribution in [0.5, 0.6) is 0 Å². The van der Waals surface area contributed by atoms with E-state index in [-0.39, 0.29) is 0 Å². The Morgan fingerprint density at radius 3 is 0.742 bits per heavy atom. The van der Waals surface area contributed by atoms with Gasteiger partial charge in [-0.05, 0) is 0 Å². The maximum absolute atomic E-state index is 14.8. The van der Waals surface area contributed by atoms with E-state index >= 15 is 0 Å². The molecule has 3 aromatic carbocycles. The van der Waals surface area contributed by atoms with Crippen molar-refractivity contribution in [1.82, 2.24) is 0 Å². The van der Waals surface area contributed by atoms with Gasteiger partial charge < -0.3 is 0 Å². The molecule has 3 rings (SSSR count). The van der Waals surface area contributed by atoms with E-state index in [0.29, 0.717) is 0 Å². The van der Waals surface area contributed by atoms with Gasteiger partial charge in [0.25, 0.3) is 0 Å². The third-order valence-electron chi connectivity index (χ3n) is 4.02. The molecule has 3 aromatic rings. The van der Waals surface area contributed by atoms with Crippen LogP contribution in [0.3, 0.4) is 0 Å². The Labute approximate surface area is 162 Å². The molecular weight excluding hydrogens is 463 g/mol. The van der Waals surface area contributed by atoms with Crippen LogP contribution in [0.2, 0.25) is 0 Å². The normalized spacial score (nSPS) is 11.4. The molecule has 163 valence electrons. The molecule has 0 N–H and O–H groups in total. The van der Waals surface area contributed by atoms with Crippen molar-refractivity contribution in [3.05, 3.63) is 81.7 Å². The fraction of sp³-hybridized carbons (Fsp3) is 0. The molecule has 0 spiro atoms. The second-order valence-corrected chi connectivity index (χ2v) is 5.71. The first-order chi connectivity index (χ1) is 14.3. The topological polar surface area (TPSA) is 0 Å². The molecule has 0 aliphatic rings. The molecular formula is C18F13. The van der Waals surface area contributed by atoms with E-state index < -0.39 is 97.9 Å². The van der Waals surface area contributed by atoms with Crippen LogP contribution in [0.4, 0.5) is 57.1 Å². The third-order valence-corrected chi connectivity index (χ3v) is 4.02. The van der Waals surface area contributed by atoms with Crippen molar-refractivity contribution in [2.24, 2.45) is 0 Å². The smallest absolute Gasteiger partial charge is 0.200 e. The van der Waals surface area contributed by atoms with Gasteiger partial charge in [-0.1, -0.05) is 0 Å². The number of rotatable bonds is 2. The van der Waals surface area contributed by atoms with Gasteiger partial charge >= 0.3 is 0 Å². The Morgan fingerprint density at radius 1 is 0.258 bits per heavy atom. The summed E-state index contributed by atoms with van der Waals surface area (Å²) in [5.74, 6) is -35.2. The van der Waals surface area contributed by atoms with Gasteiger partial charge in [0.2, 0.25) is 11.6 Å². The van der Waals surface area contributed by atoms with Gasteiger partial charge in [-0.3, -0.25) is 0 Å². The summed E-state index contributed by atoms with van der Waals surface area (Å²) in [6, 6.07) is 0.844. The van der Waals surface area contributed by atoms with Crippen LogP contribution in [0.15, 0.2) is 0 Å². The van der Waals surface area contributed by atoms with E-state index in [1.165, 1.54) is 0 Å². The summed E-state index contributed by atoms with van der Waals surface area (Å²) in [7, 11) is 0. The second-order valence-electron chi connectivity index (χ2n) is 5.71. The van der Waals surface area contributed by atoms with Crippen LogP contribution in [-0.2, 0) is 0 Å². The van der Waals surface area contributed by atoms with Gasteiger partial charge in [-0.25, -0.2) is 57.1 Å². The maximum Gasteiger partial charge on any atom is 0.200 e. The van der Waals surface area contributed by atoms with Crippen LogP contribution in [0, 0.1) is 81.7 Å². The molecule has 0 amide bonds. The number of hydrogen-bond acceptors (Lipinski definition) is 0. The van der Waals surface area contributed by atoms with Gasteiger partial charge in [0.05, 0.1) is 28.3 Å². The van der Waals surface area contributed by atoms with Gasteiger partial charge in [-0.15, -0.1) is 0 Å². The van der Waals surface area contributed by atoms with Gasteiger partial charge in [0, 0.05) is 0 Å². The SMILES string of the molecule is Fc1[c]c(F)c(-c2c(F)c(F)c(F)c(F)c2F)c(F)c1-c1c(F)c(F)c(F)c(F)c1F. The average molecular weight is 463 g/mol. The standard InChI is InChI=1S/C18F13/c19-2-1-3(20)5(7-11(24)15(28)18(31)16(29)12(7)25)8(21)4(2)6-9(22)13(26)17(30)14(27)10(6)23. The van der Waals surface area contributed by atoms with Crippen LogP contribution in [0.1, 0.15) is 0 Å². The van der Waals surface area contributed by atoms with Crippen molar-refractivity contribution in [3.8, 4) is 22.3 Å². The highest BCUT2D eigenvalue weighted by atomic mass is 19.2. The van der Waals surface area contributed by atoms with Crippen LogP contribution >= 0.6 is 0 Å². The van der Waals surface area contributed by atoms with Crippen LogP contribution in [0.25, 0.3) is 22.3 Å². The van der Waals surface area contributed by atoms with Crippen molar-refractivity contribution in [2.45, 2.75) is 0 Å². The zero-order valence-electron chi connectivity index (χ0n) is 13.9. The largest absolute Gasteiger partial charge is 0.205 e. The van der Waals surface area contributed by atoms with E-state index in [9.17, 15) is 57.1 Å². The zero-order chi connectivity index (χ0) is 23.5. The van der Waals surface area contributed by atoms with Gasteiger partial charge in [-0.2, -0.15) is 0 Å². The van der Waals surface area contributed by atoms with E-state index in [2.05, 4.69) is 0 Å². The summed E-state index contributed by atoms with van der Waals surface area (Å²) in [6.45, 7) is 0. The molecule has 13 heteroatoms. The highest BCUT2D eigenvalue weighted by molar-refractivity contribution is 5.76. The molecule has 0 heterocycles. The predicted octanol–water partition coefficient (Wildman–Crippen LogP) is 6.63. The molecule has 0 atom stereocenters. The molecule has 0 aliphatic carbocycles. The van der Waals surface area contributed by atoms with E-state index in [1.54, 1.807) is 0 Å². The Kier molecular flexibility index (Phi) is 5.40. The third kappa shape index (κ3) is 3.10. The van der Waals surface area contributed by atoms with Crippen molar-refractivity contribution in [1.29, 1.82) is 0 Å². The molecule has 0 aliphatic heterocycles. The van der Waals surface area contributed by atoms with Crippen molar-refractivity contribution >= 4 is 0 Å². The maximum atomic E-state index is 14.8. The zero-order valence-corrected chi connectivity index (χ0v) is 13.9. The Hall–Kier alpha value is -3.25. The Balaban J connectivity index is 2.52. The highest BCUT2D eigenvalue weighted by Crippen LogP contribution is 2.41. The lowest BCUT2D eigenvalue weighted by atomic mass is 9.94. The van der Waals surface area contributed by atoms with Crippen molar-refractivity contribution in [2.75, 3.05) is 0 Å². The fourth-order valence-corrected chi connectivity index (χ4v) is 2.63. The minimum Gasteiger partial charge on any atom is -0.205 e. The number of hydrogen-bond donors (Lipinski definition) is 0. The highest BCUT2D eigenvalue weighted by Gasteiger charge is 2.35. The molecule has 0 aromatic heterocycles. The predicted molar refractivity (Wildman–Crippen MR) is 75.6 cm³/mol. The lowest BCUT2D eigenvalue weighted by molar-refractivity contribution is 0.379. The minimum absolute atomic E-state index is 0.844. The van der Waals surface area contributed by atoms with Crippen LogP contribution < -0.4 is 0 Å². The minimum atomic E-state index is -2.78. The summed E-state index contributed by atoms with van der Waals surface area (Å²) < 4.78 is 178. The summed E-state index contributed by atoms with van der Waals surface area (Å²) in [5.41, 5.74) is -9.22. The summed E-state index contributed by atoms with van der Waals surface area (Å²) in [4.78, 5) is 0. The Bertz CT molecular complexity index is 1110. The van der Waals surface area contributed by atoms with E-state index in [4.69, 9.17) is 0 Å².